The van der Waals surface area contributed by atoms with E-state index in [1.807, 2.05) is 60.7 Å². The molecule has 2 N–H and O–H groups in total. The molecule has 7 nitrogen and oxygen atoms in total. The Morgan fingerprint density at radius 2 is 1.19 bits per heavy atom. The van der Waals surface area contributed by atoms with Crippen LogP contribution in [0.5, 0.6) is 11.5 Å². The van der Waals surface area contributed by atoms with E-state index in [0.29, 0.717) is 12.8 Å². The van der Waals surface area contributed by atoms with Crippen LogP contribution >= 0.6 is 0 Å². The highest BCUT2D eigenvalue weighted by molar-refractivity contribution is 6.05. The van der Waals surface area contributed by atoms with Crippen LogP contribution in [0.1, 0.15) is 57.5 Å². The molecule has 186 valence electrons. The number of Topliss-reactive ketones (excluding diaryl/α,β-unsaturated/α-hetero) is 1. The van der Waals surface area contributed by atoms with Gasteiger partial charge < -0.3 is 19.7 Å². The molecule has 0 saturated heterocycles. The fourth-order valence-electron chi connectivity index (χ4n) is 4.58. The van der Waals surface area contributed by atoms with Gasteiger partial charge in [0.25, 0.3) is 0 Å². The van der Waals surface area contributed by atoms with Gasteiger partial charge in [-0.2, -0.15) is 0 Å². The average Bonchev–Trinajstić information content (AvgIpc) is 2.91. The molecule has 0 radical (unpaired) electrons. The number of aromatic carboxylic acids is 1. The Morgan fingerprint density at radius 1 is 0.722 bits per heavy atom. The molecule has 0 unspecified atom stereocenters. The van der Waals surface area contributed by atoms with Crippen LogP contribution < -0.4 is 9.47 Å². The number of carbonyl (C=O) groups is 3. The van der Waals surface area contributed by atoms with Gasteiger partial charge in [-0.25, -0.2) is 4.79 Å². The second-order valence-electron chi connectivity index (χ2n) is 8.90. The normalized spacial score (nSPS) is 17.2. The van der Waals surface area contributed by atoms with Crippen LogP contribution in [0, 0.1) is 11.8 Å². The summed E-state index contributed by atoms with van der Waals surface area (Å²) < 4.78 is 12.0. The Morgan fingerprint density at radius 3 is 1.64 bits per heavy atom. The van der Waals surface area contributed by atoms with Gasteiger partial charge in [-0.3, -0.25) is 9.59 Å². The molecule has 0 spiro atoms. The second kappa shape index (κ2) is 11.5. The number of carboxylic acid groups (broad SMARTS) is 2. The first-order valence-electron chi connectivity index (χ1n) is 12.0. The molecule has 3 aromatic carbocycles. The molecule has 3 aromatic rings. The molecule has 0 bridgehead atoms. The van der Waals surface area contributed by atoms with Crippen molar-refractivity contribution < 1.29 is 34.1 Å². The third kappa shape index (κ3) is 5.92. The highest BCUT2D eigenvalue weighted by Gasteiger charge is 2.38. The number of hydrogen-bond donors (Lipinski definition) is 2. The zero-order valence-corrected chi connectivity index (χ0v) is 19.8. The summed E-state index contributed by atoms with van der Waals surface area (Å²) in [4.78, 5) is 37.7. The Hall–Kier alpha value is -4.13. The summed E-state index contributed by atoms with van der Waals surface area (Å²) in [5.41, 5.74) is 1.68. The molecule has 4 rings (SSSR count). The zero-order chi connectivity index (χ0) is 25.5. The van der Waals surface area contributed by atoms with Gasteiger partial charge in [0.1, 0.15) is 30.3 Å². The molecule has 36 heavy (non-hydrogen) atoms. The van der Waals surface area contributed by atoms with E-state index in [2.05, 4.69) is 0 Å². The van der Waals surface area contributed by atoms with Gasteiger partial charge in [-0.15, -0.1) is 0 Å². The van der Waals surface area contributed by atoms with E-state index in [-0.39, 0.29) is 35.8 Å². The van der Waals surface area contributed by atoms with Gasteiger partial charge in [-0.1, -0.05) is 73.5 Å². The number of hydrogen-bond acceptors (Lipinski definition) is 5. The molecule has 2 atom stereocenters. The van der Waals surface area contributed by atoms with E-state index < -0.39 is 29.6 Å². The second-order valence-corrected chi connectivity index (χ2v) is 8.90. The lowest BCUT2D eigenvalue weighted by Crippen LogP contribution is -2.33. The topological polar surface area (TPSA) is 110 Å². The largest absolute Gasteiger partial charge is 0.488 e. The monoisotopic (exact) mass is 488 g/mol. The van der Waals surface area contributed by atoms with Crippen LogP contribution in [0.4, 0.5) is 0 Å². The van der Waals surface area contributed by atoms with E-state index in [0.717, 1.165) is 24.0 Å². The van der Waals surface area contributed by atoms with Crippen molar-refractivity contribution in [2.75, 3.05) is 0 Å². The number of aliphatic carboxylic acids is 1. The molecule has 7 heteroatoms. The van der Waals surface area contributed by atoms with Gasteiger partial charge in [-0.05, 0) is 36.1 Å². The Bertz CT molecular complexity index is 1160. The first-order chi connectivity index (χ1) is 17.4. The van der Waals surface area contributed by atoms with Gasteiger partial charge in [0.2, 0.25) is 0 Å². The van der Waals surface area contributed by atoms with Crippen molar-refractivity contribution in [1.29, 1.82) is 0 Å². The Balaban J connectivity index is 1.76. The number of carboxylic acids is 2. The standard InChI is InChI=1S/C29H28O7/c30-27(22-13-7-8-14-23(22)29(33)34)26-24(35-17-19-9-3-1-4-10-19)15-21(28(31)32)16-25(26)36-18-20-11-5-2-6-12-20/h1-6,9-12,15-16,22-23H,7-8,13-14,17-18H2,(H,31,32)(H,33,34)/t22-,23+/m1/s1. The molecule has 0 aliphatic heterocycles. The van der Waals surface area contributed by atoms with E-state index in [1.165, 1.54) is 12.1 Å². The lowest BCUT2D eigenvalue weighted by molar-refractivity contribution is -0.144. The van der Waals surface area contributed by atoms with Crippen molar-refractivity contribution in [2.24, 2.45) is 11.8 Å². The smallest absolute Gasteiger partial charge is 0.335 e. The molecule has 1 aliphatic carbocycles. The molecule has 0 aromatic heterocycles. The number of ether oxygens (including phenoxy) is 2. The summed E-state index contributed by atoms with van der Waals surface area (Å²) in [6, 6.07) is 21.2. The van der Waals surface area contributed by atoms with Crippen LogP contribution in [0.3, 0.4) is 0 Å². The van der Waals surface area contributed by atoms with Crippen LogP contribution in [0.25, 0.3) is 0 Å². The summed E-state index contributed by atoms with van der Waals surface area (Å²) >= 11 is 0. The third-order valence-electron chi connectivity index (χ3n) is 6.45. The van der Waals surface area contributed by atoms with Crippen LogP contribution in [-0.4, -0.2) is 27.9 Å². The van der Waals surface area contributed by atoms with Gasteiger partial charge >= 0.3 is 11.9 Å². The first kappa shape index (κ1) is 25.0. The highest BCUT2D eigenvalue weighted by atomic mass is 16.5. The van der Waals surface area contributed by atoms with Crippen LogP contribution in [0.2, 0.25) is 0 Å². The Kier molecular flexibility index (Phi) is 8.00. The molecule has 1 fully saturated rings. The quantitative estimate of drug-likeness (QED) is 0.357. The third-order valence-corrected chi connectivity index (χ3v) is 6.45. The lowest BCUT2D eigenvalue weighted by atomic mass is 9.75. The lowest BCUT2D eigenvalue weighted by Gasteiger charge is -2.28. The van der Waals surface area contributed by atoms with Crippen molar-refractivity contribution >= 4 is 17.7 Å². The number of ketones is 1. The van der Waals surface area contributed by atoms with E-state index in [4.69, 9.17) is 9.47 Å². The van der Waals surface area contributed by atoms with Crippen molar-refractivity contribution in [3.63, 3.8) is 0 Å². The minimum Gasteiger partial charge on any atom is -0.488 e. The van der Waals surface area contributed by atoms with Gasteiger partial charge in [0, 0.05) is 5.92 Å². The van der Waals surface area contributed by atoms with E-state index in [9.17, 15) is 24.6 Å². The SMILES string of the molecule is O=C(O)c1cc(OCc2ccccc2)c(C(=O)[C@@H]2CCCC[C@@H]2C(=O)O)c(OCc2ccccc2)c1. The maximum absolute atomic E-state index is 13.9. The van der Waals surface area contributed by atoms with Crippen LogP contribution in [0.15, 0.2) is 72.8 Å². The highest BCUT2D eigenvalue weighted by Crippen LogP contribution is 2.39. The zero-order valence-electron chi connectivity index (χ0n) is 19.8. The van der Waals surface area contributed by atoms with E-state index >= 15 is 0 Å². The van der Waals surface area contributed by atoms with Crippen molar-refractivity contribution in [2.45, 2.75) is 38.9 Å². The summed E-state index contributed by atoms with van der Waals surface area (Å²) in [5, 5.41) is 19.5. The maximum atomic E-state index is 13.9. The minimum absolute atomic E-state index is 0.0709. The molecule has 0 amide bonds. The predicted octanol–water partition coefficient (Wildman–Crippen LogP) is 5.62. The van der Waals surface area contributed by atoms with Crippen molar-refractivity contribution in [1.82, 2.24) is 0 Å². The van der Waals surface area contributed by atoms with Crippen molar-refractivity contribution in [3.8, 4) is 11.5 Å². The summed E-state index contributed by atoms with van der Waals surface area (Å²) in [6.07, 6.45) is 2.34. The minimum atomic E-state index is -1.19. The van der Waals surface area contributed by atoms with Crippen LogP contribution in [-0.2, 0) is 18.0 Å². The number of carbonyl (C=O) groups excluding carboxylic acids is 1. The van der Waals surface area contributed by atoms with E-state index in [1.54, 1.807) is 0 Å². The summed E-state index contributed by atoms with van der Waals surface area (Å²) in [5.74, 6) is -4.01. The van der Waals surface area contributed by atoms with Crippen molar-refractivity contribution in [3.05, 3.63) is 95.1 Å². The first-order valence-corrected chi connectivity index (χ1v) is 12.0. The molecule has 0 heterocycles. The summed E-state index contributed by atoms with van der Waals surface area (Å²) in [6.45, 7) is 0.213. The fraction of sp³-hybridized carbons (Fsp3) is 0.276. The molecular formula is C29H28O7. The molecule has 1 aliphatic rings. The maximum Gasteiger partial charge on any atom is 0.335 e. The number of benzene rings is 3. The Labute approximate surface area is 209 Å². The number of rotatable bonds is 10. The predicted molar refractivity (Wildman–Crippen MR) is 132 cm³/mol. The average molecular weight is 489 g/mol. The van der Waals surface area contributed by atoms with Gasteiger partial charge in [0.05, 0.1) is 11.5 Å². The molecule has 1 saturated carbocycles. The molecular weight excluding hydrogens is 460 g/mol. The fourth-order valence-corrected chi connectivity index (χ4v) is 4.58. The van der Waals surface area contributed by atoms with Gasteiger partial charge in [0.15, 0.2) is 5.78 Å². The summed E-state index contributed by atoms with van der Waals surface area (Å²) in [7, 11) is 0.